The van der Waals surface area contributed by atoms with Gasteiger partial charge in [-0.05, 0) is 13.8 Å². The molecule has 2 atom stereocenters. The minimum Gasteiger partial charge on any atom is -0.481 e. The minimum atomic E-state index is -1.02. The van der Waals surface area contributed by atoms with Gasteiger partial charge in [0, 0.05) is 0 Å². The predicted octanol–water partition coefficient (Wildman–Crippen LogP) is 1.11. The molecule has 15 heavy (non-hydrogen) atoms. The number of carboxylic acids is 1. The van der Waals surface area contributed by atoms with Gasteiger partial charge >= 0.3 is 20.6 Å². The van der Waals surface area contributed by atoms with Crippen LogP contribution < -0.4 is 0 Å². The quantitative estimate of drug-likeness (QED) is 0.526. The number of ether oxygens (including phenoxy) is 1. The summed E-state index contributed by atoms with van der Waals surface area (Å²) < 4.78 is 19.1. The molecule has 7 heteroatoms. The fourth-order valence-corrected chi connectivity index (χ4v) is 0.915. The lowest BCUT2D eigenvalue weighted by Gasteiger charge is -2.11. The molecule has 86 valence electrons. The highest BCUT2D eigenvalue weighted by Crippen LogP contribution is 2.06. The van der Waals surface area contributed by atoms with E-state index >= 15 is 0 Å². The number of aliphatic carboxylic acids is 1. The molecular formula is C8H13O6P. The molecule has 0 aliphatic carbocycles. The molecule has 2 unspecified atom stereocenters. The van der Waals surface area contributed by atoms with Crippen LogP contribution in [0.1, 0.15) is 13.8 Å². The van der Waals surface area contributed by atoms with Gasteiger partial charge in [-0.2, -0.15) is 0 Å². The molecule has 0 fully saturated rings. The minimum absolute atomic E-state index is 0.0225. The van der Waals surface area contributed by atoms with Crippen molar-refractivity contribution in [3.05, 3.63) is 0 Å². The number of hydrogen-bond acceptors (Lipinski definition) is 5. The first kappa shape index (κ1) is 14.0. The lowest BCUT2D eigenvalue weighted by atomic mass is 10.2. The number of hydrogen-bond donors (Lipinski definition) is 1. The Bertz CT molecular complexity index is 241. The van der Waals surface area contributed by atoms with Crippen LogP contribution in [0, 0.1) is 11.8 Å². The third kappa shape index (κ3) is 6.14. The summed E-state index contributed by atoms with van der Waals surface area (Å²) in [7, 11) is -0.495. The van der Waals surface area contributed by atoms with E-state index in [-0.39, 0.29) is 13.2 Å². The zero-order valence-corrected chi connectivity index (χ0v) is 9.40. The first-order chi connectivity index (χ1) is 6.99. The second-order valence-corrected chi connectivity index (χ2v) is 3.55. The van der Waals surface area contributed by atoms with Crippen molar-refractivity contribution in [2.75, 3.05) is 13.2 Å². The van der Waals surface area contributed by atoms with Crippen LogP contribution in [0.3, 0.4) is 0 Å². The van der Waals surface area contributed by atoms with Gasteiger partial charge in [0.25, 0.3) is 0 Å². The maximum atomic E-state index is 11.2. The molecule has 0 aromatic rings. The monoisotopic (exact) mass is 236 g/mol. The molecule has 0 radical (unpaired) electrons. The zero-order valence-electron chi connectivity index (χ0n) is 8.50. The third-order valence-electron chi connectivity index (χ3n) is 1.68. The molecule has 6 nitrogen and oxygen atoms in total. The van der Waals surface area contributed by atoms with Crippen LogP contribution in [0.4, 0.5) is 0 Å². The van der Waals surface area contributed by atoms with Crippen molar-refractivity contribution in [1.29, 1.82) is 0 Å². The molecule has 0 saturated heterocycles. The van der Waals surface area contributed by atoms with Crippen LogP contribution in [-0.4, -0.2) is 30.3 Å². The average molecular weight is 236 g/mol. The zero-order chi connectivity index (χ0) is 11.8. The highest BCUT2D eigenvalue weighted by atomic mass is 31.1. The lowest BCUT2D eigenvalue weighted by molar-refractivity contribution is -0.153. The Balaban J connectivity index is 3.82. The van der Waals surface area contributed by atoms with Gasteiger partial charge in [-0.1, -0.05) is 0 Å². The standard InChI is InChI=1S/C8H13O6P/c1-5(7(9)10)3-13-8(11)6(2)4-14-15-12/h5-6H,3-4H2,1-2H3,(H,9,10). The summed E-state index contributed by atoms with van der Waals surface area (Å²) in [6.07, 6.45) is 0. The molecule has 0 aromatic heterocycles. The number of esters is 1. The molecule has 0 aliphatic rings. The molecule has 0 heterocycles. The van der Waals surface area contributed by atoms with Crippen LogP contribution in [0.25, 0.3) is 0 Å². The van der Waals surface area contributed by atoms with Crippen molar-refractivity contribution in [1.82, 2.24) is 0 Å². The topological polar surface area (TPSA) is 89.9 Å². The van der Waals surface area contributed by atoms with Crippen molar-refractivity contribution < 1.29 is 28.5 Å². The van der Waals surface area contributed by atoms with Gasteiger partial charge in [0.05, 0.1) is 18.4 Å². The van der Waals surface area contributed by atoms with E-state index in [1.165, 1.54) is 6.92 Å². The molecule has 0 spiro atoms. The van der Waals surface area contributed by atoms with Gasteiger partial charge in [0.15, 0.2) is 0 Å². The highest BCUT2D eigenvalue weighted by Gasteiger charge is 2.18. The predicted molar refractivity (Wildman–Crippen MR) is 50.5 cm³/mol. The summed E-state index contributed by atoms with van der Waals surface area (Å²) in [5.41, 5.74) is 0. The van der Waals surface area contributed by atoms with Gasteiger partial charge in [-0.3, -0.25) is 14.1 Å². The summed E-state index contributed by atoms with van der Waals surface area (Å²) in [5.74, 6) is -2.89. The number of carbonyl (C=O) groups excluding carboxylic acids is 1. The van der Waals surface area contributed by atoms with E-state index in [9.17, 15) is 14.2 Å². The van der Waals surface area contributed by atoms with Crippen molar-refractivity contribution >= 4 is 20.6 Å². The maximum Gasteiger partial charge on any atom is 0.327 e. The highest BCUT2D eigenvalue weighted by molar-refractivity contribution is 7.17. The van der Waals surface area contributed by atoms with Gasteiger partial charge in [-0.25, -0.2) is 4.57 Å². The summed E-state index contributed by atoms with van der Waals surface area (Å²) in [6.45, 7) is 2.78. The van der Waals surface area contributed by atoms with E-state index < -0.39 is 32.5 Å². The molecule has 0 rings (SSSR count). The van der Waals surface area contributed by atoms with E-state index in [0.29, 0.717) is 0 Å². The van der Waals surface area contributed by atoms with Crippen LogP contribution >= 0.6 is 8.69 Å². The van der Waals surface area contributed by atoms with Crippen molar-refractivity contribution in [2.45, 2.75) is 13.8 Å². The Kier molecular flexibility index (Phi) is 6.83. The van der Waals surface area contributed by atoms with Gasteiger partial charge in [0.2, 0.25) is 0 Å². The molecule has 0 bridgehead atoms. The molecule has 0 saturated carbocycles. The third-order valence-corrected chi connectivity index (χ3v) is 1.93. The van der Waals surface area contributed by atoms with E-state index in [1.54, 1.807) is 6.92 Å². The SMILES string of the molecule is CC(COC(=O)C(C)COP=O)C(=O)O. The molecule has 0 aliphatic heterocycles. The first-order valence-electron chi connectivity index (χ1n) is 4.33. The molecule has 1 N–H and O–H groups in total. The van der Waals surface area contributed by atoms with Crippen molar-refractivity contribution in [2.24, 2.45) is 11.8 Å². The second-order valence-electron chi connectivity index (χ2n) is 3.14. The van der Waals surface area contributed by atoms with Gasteiger partial charge < -0.3 is 9.84 Å². The lowest BCUT2D eigenvalue weighted by Crippen LogP contribution is -2.24. The summed E-state index contributed by atoms with van der Waals surface area (Å²) >= 11 is 0. The fourth-order valence-electron chi connectivity index (χ4n) is 0.631. The van der Waals surface area contributed by atoms with Crippen LogP contribution in [0.15, 0.2) is 0 Å². The van der Waals surface area contributed by atoms with E-state index in [4.69, 9.17) is 9.84 Å². The number of carboxylic acid groups (broad SMARTS) is 1. The van der Waals surface area contributed by atoms with E-state index in [2.05, 4.69) is 4.52 Å². The summed E-state index contributed by atoms with van der Waals surface area (Å²) in [5, 5.41) is 8.52. The number of carbonyl (C=O) groups is 2. The molecule has 0 amide bonds. The molecule has 0 aromatic carbocycles. The fraction of sp³-hybridized carbons (Fsp3) is 0.750. The average Bonchev–Trinajstić information content (AvgIpc) is 2.21. The van der Waals surface area contributed by atoms with Crippen LogP contribution in [-0.2, 0) is 23.4 Å². The van der Waals surface area contributed by atoms with E-state index in [0.717, 1.165) is 0 Å². The van der Waals surface area contributed by atoms with Crippen LogP contribution in [0.2, 0.25) is 0 Å². The van der Waals surface area contributed by atoms with Crippen molar-refractivity contribution in [3.63, 3.8) is 0 Å². The Morgan fingerprint density at radius 3 is 2.33 bits per heavy atom. The number of rotatable bonds is 7. The smallest absolute Gasteiger partial charge is 0.327 e. The van der Waals surface area contributed by atoms with Crippen LogP contribution in [0.5, 0.6) is 0 Å². The first-order valence-corrected chi connectivity index (χ1v) is 5.06. The van der Waals surface area contributed by atoms with Gasteiger partial charge in [0.1, 0.15) is 6.61 Å². The summed E-state index contributed by atoms with van der Waals surface area (Å²) in [6, 6.07) is 0. The molecular weight excluding hydrogens is 223 g/mol. The second kappa shape index (κ2) is 7.31. The Morgan fingerprint density at radius 1 is 1.27 bits per heavy atom. The Labute approximate surface area is 88.8 Å². The normalized spacial score (nSPS) is 14.5. The Morgan fingerprint density at radius 2 is 1.87 bits per heavy atom. The maximum absolute atomic E-state index is 11.2. The van der Waals surface area contributed by atoms with Gasteiger partial charge in [-0.15, -0.1) is 0 Å². The van der Waals surface area contributed by atoms with Crippen molar-refractivity contribution in [3.8, 4) is 0 Å². The van der Waals surface area contributed by atoms with E-state index in [1.807, 2.05) is 0 Å². The Hall–Kier alpha value is -1.00. The largest absolute Gasteiger partial charge is 0.481 e. The summed E-state index contributed by atoms with van der Waals surface area (Å²) in [4.78, 5) is 21.6.